The first-order valence-electron chi connectivity index (χ1n) is 13.4. The third kappa shape index (κ3) is 5.73. The Hall–Kier alpha value is -5.18. The number of hydrogen-bond donors (Lipinski definition) is 4. The number of aliphatic hydroxyl groups is 1. The maximum absolute atomic E-state index is 15.7. The fraction of sp³-hybridized carbons (Fsp3) is 0.207. The number of hydrogen-bond acceptors (Lipinski definition) is 8. The minimum absolute atomic E-state index is 0.0194. The average molecular weight is 611 g/mol. The summed E-state index contributed by atoms with van der Waals surface area (Å²) in [7, 11) is 0. The summed E-state index contributed by atoms with van der Waals surface area (Å²) in [4.78, 5) is 34.4. The zero-order valence-corrected chi connectivity index (χ0v) is 22.7. The Bertz CT molecular complexity index is 1850. The largest absolute Gasteiger partial charge is 0.416 e. The van der Waals surface area contributed by atoms with E-state index in [0.717, 1.165) is 18.2 Å². The molecule has 0 spiro atoms. The van der Waals surface area contributed by atoms with Gasteiger partial charge in [0, 0.05) is 36.1 Å². The van der Waals surface area contributed by atoms with Crippen LogP contribution in [0.5, 0.6) is 0 Å². The third-order valence-corrected chi connectivity index (χ3v) is 7.20. The summed E-state index contributed by atoms with van der Waals surface area (Å²) in [5.74, 6) is -3.24. The van der Waals surface area contributed by atoms with Gasteiger partial charge < -0.3 is 25.6 Å². The summed E-state index contributed by atoms with van der Waals surface area (Å²) in [5, 5.41) is 14.7. The normalized spacial score (nSPS) is 14.2. The Morgan fingerprint density at radius 2 is 1.82 bits per heavy atom. The number of alkyl halides is 3. The van der Waals surface area contributed by atoms with Crippen molar-refractivity contribution in [3.8, 4) is 11.3 Å². The van der Waals surface area contributed by atoms with Crippen molar-refractivity contribution >= 4 is 40.0 Å². The molecular formula is C29H23F5N8O2. The molecule has 1 fully saturated rings. The SMILES string of the molecule is O=C(Nc1ccc(F)c(Nc2ncccc2-c2ncnc3[nH]cnc23)c1F)c1cc(N2CCC(O)CC2)cc(C(F)(F)F)c1. The summed E-state index contributed by atoms with van der Waals surface area (Å²) < 4.78 is 71.9. The monoisotopic (exact) mass is 610 g/mol. The number of halogens is 5. The molecule has 1 aliphatic rings. The highest BCUT2D eigenvalue weighted by atomic mass is 19.4. The summed E-state index contributed by atoms with van der Waals surface area (Å²) in [6, 6.07) is 7.92. The molecule has 4 heterocycles. The van der Waals surface area contributed by atoms with E-state index in [4.69, 9.17) is 0 Å². The number of piperidine rings is 1. The van der Waals surface area contributed by atoms with Crippen LogP contribution in [0.3, 0.4) is 0 Å². The van der Waals surface area contributed by atoms with Crippen molar-refractivity contribution in [3.05, 3.63) is 84.1 Å². The smallest absolute Gasteiger partial charge is 0.393 e. The van der Waals surface area contributed by atoms with E-state index in [0.29, 0.717) is 54.4 Å². The van der Waals surface area contributed by atoms with Crippen LogP contribution >= 0.6 is 0 Å². The molecule has 0 bridgehead atoms. The molecule has 0 atom stereocenters. The number of aromatic amines is 1. The van der Waals surface area contributed by atoms with E-state index in [9.17, 15) is 27.5 Å². The number of aromatic nitrogens is 5. The molecule has 3 aromatic heterocycles. The Morgan fingerprint density at radius 3 is 2.59 bits per heavy atom. The topological polar surface area (TPSA) is 132 Å². The van der Waals surface area contributed by atoms with Gasteiger partial charge in [0.2, 0.25) is 0 Å². The Balaban J connectivity index is 1.31. The number of imidazole rings is 1. The number of anilines is 4. The predicted octanol–water partition coefficient (Wildman–Crippen LogP) is 5.67. The van der Waals surface area contributed by atoms with Crippen LogP contribution in [0.2, 0.25) is 0 Å². The fourth-order valence-electron chi connectivity index (χ4n) is 4.95. The highest BCUT2D eigenvalue weighted by molar-refractivity contribution is 6.05. The van der Waals surface area contributed by atoms with E-state index in [1.54, 1.807) is 17.0 Å². The maximum Gasteiger partial charge on any atom is 0.416 e. The maximum atomic E-state index is 15.7. The van der Waals surface area contributed by atoms with Gasteiger partial charge >= 0.3 is 6.18 Å². The zero-order valence-electron chi connectivity index (χ0n) is 22.7. The highest BCUT2D eigenvalue weighted by Gasteiger charge is 2.33. The number of H-pyrrole nitrogens is 1. The van der Waals surface area contributed by atoms with Crippen molar-refractivity contribution < 1.29 is 31.9 Å². The Labute approximate surface area is 246 Å². The average Bonchev–Trinajstić information content (AvgIpc) is 3.50. The number of pyridine rings is 1. The lowest BCUT2D eigenvalue weighted by molar-refractivity contribution is -0.137. The molecule has 226 valence electrons. The number of benzene rings is 2. The lowest BCUT2D eigenvalue weighted by Crippen LogP contribution is -2.36. The number of nitrogens with one attached hydrogen (secondary N) is 3. The van der Waals surface area contributed by atoms with Gasteiger partial charge in [0.05, 0.1) is 23.7 Å². The Morgan fingerprint density at radius 1 is 1.02 bits per heavy atom. The van der Waals surface area contributed by atoms with Crippen molar-refractivity contribution in [2.45, 2.75) is 25.1 Å². The fourth-order valence-corrected chi connectivity index (χ4v) is 4.95. The van der Waals surface area contributed by atoms with Crippen LogP contribution in [0.15, 0.2) is 61.3 Å². The Kier molecular flexibility index (Phi) is 7.55. The lowest BCUT2D eigenvalue weighted by Gasteiger charge is -2.32. The summed E-state index contributed by atoms with van der Waals surface area (Å²) in [5.41, 5.74) is -0.932. The molecule has 5 aromatic rings. The number of carbonyl (C=O) groups is 1. The van der Waals surface area contributed by atoms with Crippen LogP contribution in [-0.4, -0.2) is 55.1 Å². The van der Waals surface area contributed by atoms with Crippen LogP contribution in [0.25, 0.3) is 22.4 Å². The van der Waals surface area contributed by atoms with Gasteiger partial charge in [-0.2, -0.15) is 13.2 Å². The van der Waals surface area contributed by atoms with Crippen molar-refractivity contribution in [1.29, 1.82) is 0 Å². The van der Waals surface area contributed by atoms with Gasteiger partial charge in [-0.15, -0.1) is 0 Å². The number of rotatable bonds is 6. The van der Waals surface area contributed by atoms with E-state index in [1.165, 1.54) is 24.9 Å². The first-order chi connectivity index (χ1) is 21.1. The molecule has 1 saturated heterocycles. The van der Waals surface area contributed by atoms with Gasteiger partial charge in [-0.25, -0.2) is 28.7 Å². The van der Waals surface area contributed by atoms with Crippen LogP contribution in [0.4, 0.5) is 44.8 Å². The molecule has 1 aliphatic heterocycles. The first-order valence-corrected chi connectivity index (χ1v) is 13.4. The van der Waals surface area contributed by atoms with Gasteiger partial charge in [-0.05, 0) is 55.3 Å². The quantitative estimate of drug-likeness (QED) is 0.181. The van der Waals surface area contributed by atoms with E-state index >= 15 is 4.39 Å². The van der Waals surface area contributed by atoms with Crippen molar-refractivity contribution in [1.82, 2.24) is 24.9 Å². The van der Waals surface area contributed by atoms with Crippen molar-refractivity contribution in [2.24, 2.45) is 0 Å². The second-order valence-electron chi connectivity index (χ2n) is 10.1. The van der Waals surface area contributed by atoms with E-state index < -0.39 is 46.8 Å². The molecule has 0 unspecified atom stereocenters. The van der Waals surface area contributed by atoms with E-state index in [2.05, 4.69) is 35.6 Å². The molecule has 4 N–H and O–H groups in total. The van der Waals surface area contributed by atoms with Gasteiger partial charge in [-0.3, -0.25) is 4.79 Å². The molecule has 1 amide bonds. The number of fused-ring (bicyclic) bond motifs is 1. The van der Waals surface area contributed by atoms with Crippen molar-refractivity contribution in [2.75, 3.05) is 28.6 Å². The van der Waals surface area contributed by atoms with Gasteiger partial charge in [-0.1, -0.05) is 0 Å². The number of nitrogens with zero attached hydrogens (tertiary/aromatic N) is 5. The molecule has 44 heavy (non-hydrogen) atoms. The highest BCUT2D eigenvalue weighted by Crippen LogP contribution is 2.36. The molecule has 10 nitrogen and oxygen atoms in total. The molecule has 6 rings (SSSR count). The third-order valence-electron chi connectivity index (χ3n) is 7.20. The predicted molar refractivity (Wildman–Crippen MR) is 151 cm³/mol. The van der Waals surface area contributed by atoms with Crippen LogP contribution in [0.1, 0.15) is 28.8 Å². The van der Waals surface area contributed by atoms with Crippen molar-refractivity contribution in [3.63, 3.8) is 0 Å². The second kappa shape index (κ2) is 11.5. The standard InChI is InChI=1S/C29H23F5N8O2/c30-20-3-4-21(40-28(44)15-10-16(29(32,33)34)12-17(11-15)42-8-5-18(43)6-9-42)22(31)24(20)41-26-19(2-1-7-35-26)23-25-27(38-13-36-23)39-14-37-25/h1-4,7,10-14,18,43H,5-6,8-9H2,(H,35,41)(H,40,44)(H,36,37,38,39). The van der Waals surface area contributed by atoms with Crippen LogP contribution in [0, 0.1) is 11.6 Å². The number of aliphatic hydroxyl groups excluding tert-OH is 1. The summed E-state index contributed by atoms with van der Waals surface area (Å²) >= 11 is 0. The van der Waals surface area contributed by atoms with Gasteiger partial charge in [0.1, 0.15) is 34.9 Å². The van der Waals surface area contributed by atoms with Crippen LogP contribution in [-0.2, 0) is 6.18 Å². The molecule has 0 radical (unpaired) electrons. The van der Waals surface area contributed by atoms with E-state index in [1.807, 2.05) is 0 Å². The van der Waals surface area contributed by atoms with Gasteiger partial charge in [0.15, 0.2) is 11.5 Å². The van der Waals surface area contributed by atoms with Crippen LogP contribution < -0.4 is 15.5 Å². The molecule has 0 aliphatic carbocycles. The number of carbonyl (C=O) groups excluding carboxylic acids is 1. The minimum atomic E-state index is -4.76. The van der Waals surface area contributed by atoms with Gasteiger partial charge in [0.25, 0.3) is 5.91 Å². The zero-order chi connectivity index (χ0) is 31.0. The first kappa shape index (κ1) is 28.9. The molecule has 0 saturated carbocycles. The van der Waals surface area contributed by atoms with E-state index in [-0.39, 0.29) is 17.1 Å². The lowest BCUT2D eigenvalue weighted by atomic mass is 10.0. The minimum Gasteiger partial charge on any atom is -0.393 e. The molecular weight excluding hydrogens is 587 g/mol. The second-order valence-corrected chi connectivity index (χ2v) is 10.1. The number of amides is 1. The summed E-state index contributed by atoms with van der Waals surface area (Å²) in [6.07, 6.45) is -0.501. The molecule has 15 heteroatoms. The molecule has 2 aromatic carbocycles. The summed E-state index contributed by atoms with van der Waals surface area (Å²) in [6.45, 7) is 0.586.